The van der Waals surface area contributed by atoms with Gasteiger partial charge in [-0.25, -0.2) is 0 Å². The van der Waals surface area contributed by atoms with Crippen molar-refractivity contribution in [2.45, 2.75) is 0 Å². The van der Waals surface area contributed by atoms with Gasteiger partial charge in [0.15, 0.2) is 5.58 Å². The average Bonchev–Trinajstić information content (AvgIpc) is 3.64. The van der Waals surface area contributed by atoms with Crippen molar-refractivity contribution in [1.82, 2.24) is 4.98 Å². The van der Waals surface area contributed by atoms with Crippen molar-refractivity contribution < 1.29 is 4.42 Å². The van der Waals surface area contributed by atoms with E-state index in [2.05, 4.69) is 132 Å². The van der Waals surface area contributed by atoms with Crippen LogP contribution in [0.3, 0.4) is 0 Å². The van der Waals surface area contributed by atoms with Crippen molar-refractivity contribution in [2.24, 2.45) is 0 Å². The fourth-order valence-electron chi connectivity index (χ4n) is 6.28. The van der Waals surface area contributed by atoms with Crippen molar-refractivity contribution in [3.05, 3.63) is 146 Å². The third kappa shape index (κ3) is 3.84. The summed E-state index contributed by atoms with van der Waals surface area (Å²) in [5.41, 5.74) is 7.10. The summed E-state index contributed by atoms with van der Waals surface area (Å²) in [6, 6.07) is 47.3. The Labute approximate surface area is 251 Å². The maximum absolute atomic E-state index is 6.77. The van der Waals surface area contributed by atoms with Crippen molar-refractivity contribution in [3.63, 3.8) is 0 Å². The number of pyridine rings is 1. The van der Waals surface area contributed by atoms with Crippen LogP contribution in [0.1, 0.15) is 0 Å². The van der Waals surface area contributed by atoms with Gasteiger partial charge in [-0.1, -0.05) is 97.1 Å². The van der Waals surface area contributed by atoms with Crippen molar-refractivity contribution in [1.29, 1.82) is 0 Å². The topological polar surface area (TPSA) is 29.3 Å². The fraction of sp³-hybridized carbons (Fsp3) is 0. The van der Waals surface area contributed by atoms with Crippen molar-refractivity contribution >= 4 is 81.3 Å². The molecule has 0 unspecified atom stereocenters. The summed E-state index contributed by atoms with van der Waals surface area (Å²) in [6.07, 6.45) is 3.85. The number of anilines is 3. The molecule has 6 aromatic carbocycles. The third-order valence-corrected chi connectivity index (χ3v) is 9.48. The number of thiophene rings is 1. The van der Waals surface area contributed by atoms with E-state index in [1.54, 1.807) is 0 Å². The van der Waals surface area contributed by atoms with Crippen LogP contribution >= 0.6 is 11.3 Å². The predicted octanol–water partition coefficient (Wildman–Crippen LogP) is 11.6. The predicted molar refractivity (Wildman–Crippen MR) is 182 cm³/mol. The van der Waals surface area contributed by atoms with Gasteiger partial charge in [-0.05, 0) is 52.9 Å². The first-order valence-corrected chi connectivity index (χ1v) is 15.2. The van der Waals surface area contributed by atoms with Gasteiger partial charge >= 0.3 is 0 Å². The molecular weight excluding hydrogens is 545 g/mol. The van der Waals surface area contributed by atoms with E-state index in [1.807, 2.05) is 29.8 Å². The molecule has 0 saturated heterocycles. The van der Waals surface area contributed by atoms with Gasteiger partial charge < -0.3 is 9.32 Å². The van der Waals surface area contributed by atoms with E-state index in [9.17, 15) is 0 Å². The number of hydrogen-bond donors (Lipinski definition) is 0. The van der Waals surface area contributed by atoms with E-state index in [-0.39, 0.29) is 0 Å². The first-order chi connectivity index (χ1) is 21.3. The van der Waals surface area contributed by atoms with E-state index in [1.165, 1.54) is 31.3 Å². The zero-order valence-electron chi connectivity index (χ0n) is 23.1. The van der Waals surface area contributed by atoms with Crippen LogP contribution in [0.15, 0.2) is 150 Å². The number of nitrogens with zero attached hydrogens (tertiary/aromatic N) is 2. The molecule has 0 fully saturated rings. The summed E-state index contributed by atoms with van der Waals surface area (Å²) in [6.45, 7) is 0. The van der Waals surface area contributed by atoms with E-state index < -0.39 is 0 Å². The van der Waals surface area contributed by atoms with Crippen LogP contribution in [0, 0.1) is 0 Å². The molecule has 0 amide bonds. The minimum Gasteiger partial charge on any atom is -0.453 e. The lowest BCUT2D eigenvalue weighted by Gasteiger charge is -2.25. The number of rotatable bonds is 4. The fourth-order valence-corrected chi connectivity index (χ4v) is 7.42. The first kappa shape index (κ1) is 24.2. The summed E-state index contributed by atoms with van der Waals surface area (Å²) in [7, 11) is 0. The van der Waals surface area contributed by atoms with Crippen molar-refractivity contribution in [2.75, 3.05) is 4.90 Å². The molecule has 9 aromatic rings. The molecule has 0 aliphatic carbocycles. The van der Waals surface area contributed by atoms with Crippen LogP contribution in [0.2, 0.25) is 0 Å². The Morgan fingerprint density at radius 1 is 0.488 bits per heavy atom. The highest BCUT2D eigenvalue weighted by Crippen LogP contribution is 2.45. The van der Waals surface area contributed by atoms with Crippen LogP contribution in [-0.4, -0.2) is 4.98 Å². The minimum absolute atomic E-state index is 0.824. The molecule has 0 aliphatic heterocycles. The summed E-state index contributed by atoms with van der Waals surface area (Å²) in [4.78, 5) is 7.03. The number of furan rings is 1. The standard InChI is InChI=1S/C39H24N2OS/c1-2-8-25(9-3-1)26-14-17-28(18-15-26)41(29-19-21-32-31-12-6-7-13-36(31)43-37(32)22-29)35-24-40-23-34-33-20-16-27-10-4-5-11-30(27)38(33)42-39(34)35/h1-24H. The number of benzene rings is 6. The Bertz CT molecular complexity index is 2460. The van der Waals surface area contributed by atoms with Crippen LogP contribution in [0.5, 0.6) is 0 Å². The van der Waals surface area contributed by atoms with Gasteiger partial charge in [-0.15, -0.1) is 11.3 Å². The maximum Gasteiger partial charge on any atom is 0.162 e. The molecule has 0 N–H and O–H groups in total. The molecule has 3 nitrogen and oxygen atoms in total. The normalized spacial score (nSPS) is 11.7. The number of aromatic nitrogens is 1. The summed E-state index contributed by atoms with van der Waals surface area (Å²) in [5, 5.41) is 6.91. The maximum atomic E-state index is 6.77. The Balaban J connectivity index is 1.29. The zero-order chi connectivity index (χ0) is 28.3. The smallest absolute Gasteiger partial charge is 0.162 e. The van der Waals surface area contributed by atoms with Crippen molar-refractivity contribution in [3.8, 4) is 11.1 Å². The van der Waals surface area contributed by atoms with Gasteiger partial charge in [0.25, 0.3) is 0 Å². The largest absolute Gasteiger partial charge is 0.453 e. The minimum atomic E-state index is 0.824. The number of hydrogen-bond acceptors (Lipinski definition) is 4. The van der Waals surface area contributed by atoms with E-state index in [0.717, 1.165) is 49.8 Å². The highest BCUT2D eigenvalue weighted by atomic mass is 32.1. The average molecular weight is 569 g/mol. The van der Waals surface area contributed by atoms with Crippen LogP contribution in [-0.2, 0) is 0 Å². The quantitative estimate of drug-likeness (QED) is 0.211. The highest BCUT2D eigenvalue weighted by molar-refractivity contribution is 7.25. The lowest BCUT2D eigenvalue weighted by Crippen LogP contribution is -2.10. The van der Waals surface area contributed by atoms with Crippen LogP contribution < -0.4 is 4.90 Å². The molecule has 0 saturated carbocycles. The molecule has 43 heavy (non-hydrogen) atoms. The Hall–Kier alpha value is -5.45. The molecule has 9 rings (SSSR count). The molecule has 0 atom stereocenters. The molecule has 0 aliphatic rings. The molecule has 3 heterocycles. The number of fused-ring (bicyclic) bond motifs is 8. The molecule has 0 radical (unpaired) electrons. The lowest BCUT2D eigenvalue weighted by molar-refractivity contribution is 0.672. The SMILES string of the molecule is c1ccc(-c2ccc(N(c3ccc4c(c3)sc3ccccc34)c3cncc4c3oc3c5ccccc5ccc43)cc2)cc1. The second-order valence-corrected chi connectivity index (χ2v) is 11.9. The monoisotopic (exact) mass is 568 g/mol. The third-order valence-electron chi connectivity index (χ3n) is 8.35. The Kier molecular flexibility index (Phi) is 5.37. The van der Waals surface area contributed by atoms with Gasteiger partial charge in [0, 0.05) is 53.9 Å². The molecule has 4 heteroatoms. The van der Waals surface area contributed by atoms with E-state index in [0.29, 0.717) is 0 Å². The van der Waals surface area contributed by atoms with Gasteiger partial charge in [0.2, 0.25) is 0 Å². The molecule has 0 bridgehead atoms. The van der Waals surface area contributed by atoms with Gasteiger partial charge in [-0.3, -0.25) is 4.98 Å². The molecule has 202 valence electrons. The highest BCUT2D eigenvalue weighted by Gasteiger charge is 2.21. The molecule has 0 spiro atoms. The second kappa shape index (κ2) is 9.55. The van der Waals surface area contributed by atoms with Gasteiger partial charge in [0.05, 0.1) is 6.20 Å². The zero-order valence-corrected chi connectivity index (χ0v) is 23.9. The molecular formula is C39H24N2OS. The van der Waals surface area contributed by atoms with E-state index >= 15 is 0 Å². The van der Waals surface area contributed by atoms with E-state index in [4.69, 9.17) is 9.40 Å². The van der Waals surface area contributed by atoms with Gasteiger partial charge in [-0.2, -0.15) is 0 Å². The Morgan fingerprint density at radius 2 is 1.19 bits per heavy atom. The lowest BCUT2D eigenvalue weighted by atomic mass is 10.0. The summed E-state index contributed by atoms with van der Waals surface area (Å²) in [5.74, 6) is 0. The second-order valence-electron chi connectivity index (χ2n) is 10.8. The Morgan fingerprint density at radius 3 is 2.07 bits per heavy atom. The van der Waals surface area contributed by atoms with Gasteiger partial charge in [0.1, 0.15) is 11.3 Å². The summed E-state index contributed by atoms with van der Waals surface area (Å²) >= 11 is 1.83. The summed E-state index contributed by atoms with van der Waals surface area (Å²) < 4.78 is 9.31. The molecule has 3 aromatic heterocycles. The first-order valence-electron chi connectivity index (χ1n) is 14.4. The van der Waals surface area contributed by atoms with Crippen LogP contribution in [0.25, 0.3) is 64.0 Å². The van der Waals surface area contributed by atoms with Crippen LogP contribution in [0.4, 0.5) is 17.1 Å².